The normalized spacial score (nSPS) is 16.5. The Labute approximate surface area is 210 Å². The van der Waals surface area contributed by atoms with E-state index in [4.69, 9.17) is 10.00 Å². The second-order valence-electron chi connectivity index (χ2n) is 8.73. The number of nitrogens with one attached hydrogen (secondary N) is 2. The van der Waals surface area contributed by atoms with Crippen LogP contribution in [0.25, 0.3) is 16.7 Å². The molecule has 4 heterocycles. The van der Waals surface area contributed by atoms with Crippen LogP contribution in [0.4, 0.5) is 10.5 Å². The molecule has 0 radical (unpaired) electrons. The van der Waals surface area contributed by atoms with Gasteiger partial charge in [0, 0.05) is 24.4 Å². The van der Waals surface area contributed by atoms with Crippen molar-refractivity contribution in [1.82, 2.24) is 25.2 Å². The quantitative estimate of drug-likeness (QED) is 0.413. The van der Waals surface area contributed by atoms with Crippen LogP contribution in [0.15, 0.2) is 67.1 Å². The second kappa shape index (κ2) is 8.46. The van der Waals surface area contributed by atoms with Crippen molar-refractivity contribution in [3.8, 4) is 23.4 Å². The number of hydrogen-bond donors (Lipinski definition) is 2. The molecule has 2 aromatic heterocycles. The van der Waals surface area contributed by atoms with Gasteiger partial charge in [0.05, 0.1) is 34.6 Å². The number of nitrogens with zero attached hydrogens (tertiary/aromatic N) is 5. The SMILES string of the molecule is N#Cc1ccc(-n2cnc3cc(Oc4ccc(N5CCCC56C(=O)NC(=O)NC6=O)cn4)ccc32)cc1. The number of fused-ring (bicyclic) bond motifs is 1. The zero-order chi connectivity index (χ0) is 25.6. The number of amides is 4. The summed E-state index contributed by atoms with van der Waals surface area (Å²) >= 11 is 0. The third-order valence-corrected chi connectivity index (χ3v) is 6.63. The summed E-state index contributed by atoms with van der Waals surface area (Å²) in [6.45, 7) is 0.468. The van der Waals surface area contributed by atoms with Gasteiger partial charge in [-0.3, -0.25) is 24.8 Å². The highest BCUT2D eigenvalue weighted by molar-refractivity contribution is 6.24. The number of carbonyl (C=O) groups is 3. The number of hydrogen-bond acceptors (Lipinski definition) is 8. The van der Waals surface area contributed by atoms with Gasteiger partial charge in [-0.1, -0.05) is 0 Å². The Morgan fingerprint density at radius 1 is 0.946 bits per heavy atom. The minimum Gasteiger partial charge on any atom is -0.439 e. The smallest absolute Gasteiger partial charge is 0.328 e. The molecule has 2 aliphatic heterocycles. The fraction of sp³-hybridized carbons (Fsp3) is 0.154. The maximum absolute atomic E-state index is 12.7. The van der Waals surface area contributed by atoms with Crippen LogP contribution in [0.3, 0.4) is 0 Å². The fourth-order valence-electron chi connectivity index (χ4n) is 4.86. The first-order chi connectivity index (χ1) is 18.0. The largest absolute Gasteiger partial charge is 0.439 e. The van der Waals surface area contributed by atoms with Crippen molar-refractivity contribution in [3.05, 3.63) is 72.7 Å². The standard InChI is InChI=1S/C26H19N7O4/c27-13-16-2-4-17(5-3-16)32-15-29-20-12-19(7-8-21(20)32)37-22-9-6-18(14-28-22)33-11-1-10-26(33)23(34)30-25(36)31-24(26)35/h2-9,12,14-15H,1,10-11H2,(H2,30,31,34,35,36). The Bertz CT molecular complexity index is 1580. The topological polar surface area (TPSA) is 142 Å². The van der Waals surface area contributed by atoms with Gasteiger partial charge in [-0.15, -0.1) is 0 Å². The number of imide groups is 2. The van der Waals surface area contributed by atoms with Crippen LogP contribution in [0.2, 0.25) is 0 Å². The molecule has 2 N–H and O–H groups in total. The van der Waals surface area contributed by atoms with Gasteiger partial charge in [-0.25, -0.2) is 14.8 Å². The van der Waals surface area contributed by atoms with Crippen molar-refractivity contribution in [3.63, 3.8) is 0 Å². The van der Waals surface area contributed by atoms with E-state index in [1.165, 1.54) is 6.20 Å². The monoisotopic (exact) mass is 493 g/mol. The van der Waals surface area contributed by atoms with Crippen LogP contribution in [0, 0.1) is 11.3 Å². The molecule has 2 fully saturated rings. The van der Waals surface area contributed by atoms with Crippen LogP contribution < -0.4 is 20.3 Å². The van der Waals surface area contributed by atoms with Gasteiger partial charge in [-0.05, 0) is 55.3 Å². The Kier molecular flexibility index (Phi) is 5.08. The molecule has 2 saturated heterocycles. The van der Waals surface area contributed by atoms with E-state index >= 15 is 0 Å². The van der Waals surface area contributed by atoms with Gasteiger partial charge in [0.1, 0.15) is 12.1 Å². The molecule has 1 spiro atoms. The molecule has 0 bridgehead atoms. The Hall–Kier alpha value is -5.24. The Morgan fingerprint density at radius 2 is 1.70 bits per heavy atom. The molecule has 0 saturated carbocycles. The van der Waals surface area contributed by atoms with Crippen LogP contribution in [0.5, 0.6) is 11.6 Å². The van der Waals surface area contributed by atoms with Crippen molar-refractivity contribution < 1.29 is 19.1 Å². The zero-order valence-corrected chi connectivity index (χ0v) is 19.3. The number of ether oxygens (including phenoxy) is 1. The molecule has 2 aromatic carbocycles. The van der Waals surface area contributed by atoms with E-state index in [1.54, 1.807) is 41.6 Å². The van der Waals surface area contributed by atoms with Gasteiger partial charge < -0.3 is 9.64 Å². The summed E-state index contributed by atoms with van der Waals surface area (Å²) in [7, 11) is 0. The minimum absolute atomic E-state index is 0.297. The van der Waals surface area contributed by atoms with Crippen LogP contribution in [0.1, 0.15) is 18.4 Å². The molecular weight excluding hydrogens is 474 g/mol. The number of aromatic nitrogens is 3. The predicted octanol–water partition coefficient (Wildman–Crippen LogP) is 2.79. The first-order valence-electron chi connectivity index (χ1n) is 11.5. The highest BCUT2D eigenvalue weighted by atomic mass is 16.5. The number of nitriles is 1. The molecule has 0 aliphatic carbocycles. The first-order valence-corrected chi connectivity index (χ1v) is 11.5. The summed E-state index contributed by atoms with van der Waals surface area (Å²) in [4.78, 5) is 47.4. The summed E-state index contributed by atoms with van der Waals surface area (Å²) in [5, 5.41) is 13.4. The molecule has 2 aliphatic rings. The summed E-state index contributed by atoms with van der Waals surface area (Å²) in [5.41, 5.74) is 2.17. The van der Waals surface area contributed by atoms with Crippen molar-refractivity contribution in [2.24, 2.45) is 0 Å². The summed E-state index contributed by atoms with van der Waals surface area (Å²) in [5.74, 6) is -0.392. The third kappa shape index (κ3) is 3.63. The summed E-state index contributed by atoms with van der Waals surface area (Å²) in [6, 6.07) is 17.4. The fourth-order valence-corrected chi connectivity index (χ4v) is 4.86. The van der Waals surface area contributed by atoms with Gasteiger partial charge in [0.15, 0.2) is 5.54 Å². The van der Waals surface area contributed by atoms with Crippen molar-refractivity contribution in [1.29, 1.82) is 5.26 Å². The number of anilines is 1. The Morgan fingerprint density at radius 3 is 2.41 bits per heavy atom. The van der Waals surface area contributed by atoms with Gasteiger partial charge in [-0.2, -0.15) is 5.26 Å². The first kappa shape index (κ1) is 22.2. The Balaban J connectivity index is 1.22. The molecule has 4 aromatic rings. The molecule has 11 heteroatoms. The van der Waals surface area contributed by atoms with Crippen molar-refractivity contribution in [2.45, 2.75) is 18.4 Å². The van der Waals surface area contributed by atoms with E-state index in [9.17, 15) is 14.4 Å². The van der Waals surface area contributed by atoms with Crippen LogP contribution in [-0.4, -0.2) is 44.5 Å². The number of urea groups is 1. The van der Waals surface area contributed by atoms with E-state index < -0.39 is 23.4 Å². The molecule has 0 unspecified atom stereocenters. The number of pyridine rings is 1. The number of carbonyl (C=O) groups excluding carboxylic acids is 3. The lowest BCUT2D eigenvalue weighted by molar-refractivity contribution is -0.137. The minimum atomic E-state index is -1.48. The molecule has 0 atom stereocenters. The summed E-state index contributed by atoms with van der Waals surface area (Å²) in [6.07, 6.45) is 4.16. The second-order valence-corrected chi connectivity index (χ2v) is 8.73. The van der Waals surface area contributed by atoms with E-state index in [0.29, 0.717) is 42.3 Å². The lowest BCUT2D eigenvalue weighted by atomic mass is 9.92. The van der Waals surface area contributed by atoms with E-state index in [1.807, 2.05) is 28.8 Å². The molecule has 182 valence electrons. The van der Waals surface area contributed by atoms with E-state index in [-0.39, 0.29) is 0 Å². The maximum Gasteiger partial charge on any atom is 0.328 e. The average Bonchev–Trinajstić information content (AvgIpc) is 3.53. The average molecular weight is 493 g/mol. The molecule has 4 amide bonds. The number of barbiturate groups is 1. The zero-order valence-electron chi connectivity index (χ0n) is 19.3. The predicted molar refractivity (Wildman–Crippen MR) is 131 cm³/mol. The molecule has 11 nitrogen and oxygen atoms in total. The number of rotatable bonds is 4. The van der Waals surface area contributed by atoms with Crippen LogP contribution in [-0.2, 0) is 9.59 Å². The maximum atomic E-state index is 12.7. The third-order valence-electron chi connectivity index (χ3n) is 6.63. The van der Waals surface area contributed by atoms with Gasteiger partial charge >= 0.3 is 6.03 Å². The van der Waals surface area contributed by atoms with Crippen molar-refractivity contribution in [2.75, 3.05) is 11.4 Å². The molecular formula is C26H19N7O4. The van der Waals surface area contributed by atoms with Gasteiger partial charge in [0.2, 0.25) is 5.88 Å². The lowest BCUT2D eigenvalue weighted by Gasteiger charge is -2.38. The van der Waals surface area contributed by atoms with E-state index in [2.05, 4.69) is 26.7 Å². The van der Waals surface area contributed by atoms with Crippen molar-refractivity contribution >= 4 is 34.6 Å². The molecule has 6 rings (SSSR count). The highest BCUT2D eigenvalue weighted by Gasteiger charge is 2.57. The molecule has 37 heavy (non-hydrogen) atoms. The summed E-state index contributed by atoms with van der Waals surface area (Å²) < 4.78 is 7.85. The number of imidazole rings is 1. The lowest BCUT2D eigenvalue weighted by Crippen LogP contribution is -2.71. The van der Waals surface area contributed by atoms with E-state index in [0.717, 1.165) is 16.7 Å². The highest BCUT2D eigenvalue weighted by Crippen LogP contribution is 2.36. The van der Waals surface area contributed by atoms with Crippen LogP contribution >= 0.6 is 0 Å². The number of benzene rings is 2. The van der Waals surface area contributed by atoms with Gasteiger partial charge in [0.25, 0.3) is 11.8 Å².